The topological polar surface area (TPSA) is 89.5 Å². The van der Waals surface area contributed by atoms with E-state index in [1.54, 1.807) is 64.8 Å². The lowest BCUT2D eigenvalue weighted by atomic mass is 9.96. The summed E-state index contributed by atoms with van der Waals surface area (Å²) < 4.78 is 32.5. The second-order valence-electron chi connectivity index (χ2n) is 9.37. The minimum atomic E-state index is -0.366. The Labute approximate surface area is 245 Å². The highest BCUT2D eigenvalue weighted by Gasteiger charge is 2.15. The van der Waals surface area contributed by atoms with Crippen molar-refractivity contribution in [2.45, 2.75) is 26.1 Å². The molecule has 42 heavy (non-hydrogen) atoms. The van der Waals surface area contributed by atoms with Crippen molar-refractivity contribution < 1.29 is 38.0 Å². The molecule has 0 saturated carbocycles. The van der Waals surface area contributed by atoms with Gasteiger partial charge in [0.15, 0.2) is 23.0 Å². The molecule has 0 aliphatic heterocycles. The standard InChI is InChI=1S/C34H34O8/c1-37-29-15-13-23(17-31(29)39-3)19-33(35)41-21-25-9-5-7-11-27(25)28-12-8-6-10-26(28)22-42-34(36)20-24-14-16-30(38-2)32(18-24)40-4/h5-18H,19-22H2,1-4H3. The van der Waals surface area contributed by atoms with E-state index in [0.29, 0.717) is 23.0 Å². The van der Waals surface area contributed by atoms with Crippen LogP contribution in [-0.4, -0.2) is 40.4 Å². The van der Waals surface area contributed by atoms with Gasteiger partial charge in [0, 0.05) is 0 Å². The lowest BCUT2D eigenvalue weighted by Crippen LogP contribution is -2.10. The minimum absolute atomic E-state index is 0.0924. The molecule has 4 aromatic rings. The van der Waals surface area contributed by atoms with Crippen molar-refractivity contribution in [3.8, 4) is 34.1 Å². The lowest BCUT2D eigenvalue weighted by Gasteiger charge is -2.15. The van der Waals surface area contributed by atoms with Crippen LogP contribution in [0.2, 0.25) is 0 Å². The summed E-state index contributed by atoms with van der Waals surface area (Å²) in [5.41, 5.74) is 4.97. The molecule has 4 aromatic carbocycles. The van der Waals surface area contributed by atoms with Gasteiger partial charge in [0.2, 0.25) is 0 Å². The second kappa shape index (κ2) is 14.6. The van der Waals surface area contributed by atoms with E-state index < -0.39 is 0 Å². The van der Waals surface area contributed by atoms with Gasteiger partial charge in [-0.1, -0.05) is 60.7 Å². The van der Waals surface area contributed by atoms with E-state index in [1.165, 1.54) is 0 Å². The van der Waals surface area contributed by atoms with E-state index in [-0.39, 0.29) is 38.0 Å². The van der Waals surface area contributed by atoms with Gasteiger partial charge < -0.3 is 28.4 Å². The van der Waals surface area contributed by atoms with Crippen molar-refractivity contribution in [3.05, 3.63) is 107 Å². The van der Waals surface area contributed by atoms with Gasteiger partial charge in [-0.2, -0.15) is 0 Å². The minimum Gasteiger partial charge on any atom is -0.493 e. The number of rotatable bonds is 13. The molecule has 0 aliphatic rings. The molecule has 0 aliphatic carbocycles. The fourth-order valence-corrected chi connectivity index (χ4v) is 4.55. The van der Waals surface area contributed by atoms with Crippen LogP contribution in [0.1, 0.15) is 22.3 Å². The van der Waals surface area contributed by atoms with E-state index >= 15 is 0 Å². The Bertz CT molecular complexity index is 1410. The third-order valence-corrected chi connectivity index (χ3v) is 6.70. The van der Waals surface area contributed by atoms with Crippen LogP contribution in [0.25, 0.3) is 11.1 Å². The zero-order valence-electron chi connectivity index (χ0n) is 24.2. The van der Waals surface area contributed by atoms with E-state index in [9.17, 15) is 9.59 Å². The maximum atomic E-state index is 12.7. The molecule has 8 nitrogen and oxygen atoms in total. The van der Waals surface area contributed by atoms with Crippen molar-refractivity contribution in [1.29, 1.82) is 0 Å². The number of esters is 2. The first-order chi connectivity index (χ1) is 20.4. The molecule has 0 N–H and O–H groups in total. The molecule has 0 amide bonds. The number of carbonyl (C=O) groups excluding carboxylic acids is 2. The second-order valence-corrected chi connectivity index (χ2v) is 9.37. The van der Waals surface area contributed by atoms with Crippen molar-refractivity contribution in [2.75, 3.05) is 28.4 Å². The monoisotopic (exact) mass is 570 g/mol. The lowest BCUT2D eigenvalue weighted by molar-refractivity contribution is -0.145. The molecule has 4 rings (SSSR count). The number of benzene rings is 4. The third kappa shape index (κ3) is 7.60. The Kier molecular flexibility index (Phi) is 10.4. The van der Waals surface area contributed by atoms with E-state index in [0.717, 1.165) is 33.4 Å². The van der Waals surface area contributed by atoms with Crippen molar-refractivity contribution in [2.24, 2.45) is 0 Å². The fraction of sp³-hybridized carbons (Fsp3) is 0.235. The first-order valence-electron chi connectivity index (χ1n) is 13.3. The van der Waals surface area contributed by atoms with Gasteiger partial charge in [-0.05, 0) is 57.6 Å². The Morgan fingerprint density at radius 2 is 0.881 bits per heavy atom. The van der Waals surface area contributed by atoms with Crippen LogP contribution < -0.4 is 18.9 Å². The third-order valence-electron chi connectivity index (χ3n) is 6.70. The molecular formula is C34H34O8. The van der Waals surface area contributed by atoms with Gasteiger partial charge in [-0.25, -0.2) is 0 Å². The SMILES string of the molecule is COc1ccc(CC(=O)OCc2ccccc2-c2ccccc2COC(=O)Cc2ccc(OC)c(OC)c2)cc1OC. The molecule has 0 aromatic heterocycles. The summed E-state index contributed by atoms with van der Waals surface area (Å²) in [5.74, 6) is 1.55. The van der Waals surface area contributed by atoms with Crippen LogP contribution >= 0.6 is 0 Å². The maximum absolute atomic E-state index is 12.7. The van der Waals surface area contributed by atoms with Crippen molar-refractivity contribution in [1.82, 2.24) is 0 Å². The van der Waals surface area contributed by atoms with Gasteiger partial charge >= 0.3 is 11.9 Å². The molecule has 0 fully saturated rings. The highest BCUT2D eigenvalue weighted by atomic mass is 16.5. The molecule has 0 saturated heterocycles. The quantitative estimate of drug-likeness (QED) is 0.182. The first-order valence-corrected chi connectivity index (χ1v) is 13.3. The number of hydrogen-bond acceptors (Lipinski definition) is 8. The van der Waals surface area contributed by atoms with Gasteiger partial charge in [0.25, 0.3) is 0 Å². The highest BCUT2D eigenvalue weighted by Crippen LogP contribution is 2.31. The van der Waals surface area contributed by atoms with Gasteiger partial charge in [-0.3, -0.25) is 9.59 Å². The largest absolute Gasteiger partial charge is 0.493 e. The van der Waals surface area contributed by atoms with Crippen LogP contribution in [0.3, 0.4) is 0 Å². The maximum Gasteiger partial charge on any atom is 0.310 e. The summed E-state index contributed by atoms with van der Waals surface area (Å²) in [5, 5.41) is 0. The summed E-state index contributed by atoms with van der Waals surface area (Å²) in [6.45, 7) is 0.186. The van der Waals surface area contributed by atoms with E-state index in [2.05, 4.69) is 0 Å². The van der Waals surface area contributed by atoms with Crippen LogP contribution in [0.5, 0.6) is 23.0 Å². The summed E-state index contributed by atoms with van der Waals surface area (Å²) in [6, 6.07) is 26.0. The molecule has 218 valence electrons. The predicted molar refractivity (Wildman–Crippen MR) is 158 cm³/mol. The molecule has 0 unspecified atom stereocenters. The van der Waals surface area contributed by atoms with Crippen LogP contribution in [-0.2, 0) is 45.1 Å². The molecular weight excluding hydrogens is 536 g/mol. The van der Waals surface area contributed by atoms with Crippen molar-refractivity contribution >= 4 is 11.9 Å². The first kappa shape index (κ1) is 30.0. The molecule has 8 heteroatoms. The summed E-state index contributed by atoms with van der Waals surface area (Å²) >= 11 is 0. The number of carbonyl (C=O) groups is 2. The number of methoxy groups -OCH3 is 4. The van der Waals surface area contributed by atoms with Crippen LogP contribution in [0.4, 0.5) is 0 Å². The molecule has 0 atom stereocenters. The fourth-order valence-electron chi connectivity index (χ4n) is 4.55. The Hall–Kier alpha value is -4.98. The smallest absolute Gasteiger partial charge is 0.310 e. The van der Waals surface area contributed by atoms with Crippen LogP contribution in [0, 0.1) is 0 Å². The van der Waals surface area contributed by atoms with Gasteiger partial charge in [0.1, 0.15) is 13.2 Å². The van der Waals surface area contributed by atoms with Gasteiger partial charge in [0.05, 0.1) is 41.3 Å². The molecule has 0 spiro atoms. The summed E-state index contributed by atoms with van der Waals surface area (Å²) in [6.07, 6.45) is 0.185. The van der Waals surface area contributed by atoms with E-state index in [1.807, 2.05) is 48.5 Å². The molecule has 0 heterocycles. The Morgan fingerprint density at radius 3 is 1.26 bits per heavy atom. The summed E-state index contributed by atoms with van der Waals surface area (Å²) in [4.78, 5) is 25.4. The van der Waals surface area contributed by atoms with Crippen molar-refractivity contribution in [3.63, 3.8) is 0 Å². The summed E-state index contributed by atoms with van der Waals surface area (Å²) in [7, 11) is 6.22. The average Bonchev–Trinajstić information content (AvgIpc) is 3.03. The van der Waals surface area contributed by atoms with Gasteiger partial charge in [-0.15, -0.1) is 0 Å². The Morgan fingerprint density at radius 1 is 0.500 bits per heavy atom. The zero-order chi connectivity index (χ0) is 29.9. The molecule has 0 radical (unpaired) electrons. The Balaban J connectivity index is 1.41. The molecule has 0 bridgehead atoms. The highest BCUT2D eigenvalue weighted by molar-refractivity contribution is 5.75. The number of ether oxygens (including phenoxy) is 6. The average molecular weight is 571 g/mol. The zero-order valence-corrected chi connectivity index (χ0v) is 24.2. The normalized spacial score (nSPS) is 10.5. The predicted octanol–water partition coefficient (Wildman–Crippen LogP) is 5.96. The van der Waals surface area contributed by atoms with E-state index in [4.69, 9.17) is 28.4 Å². The number of hydrogen-bond donors (Lipinski definition) is 0. The van der Waals surface area contributed by atoms with Crippen LogP contribution in [0.15, 0.2) is 84.9 Å².